The van der Waals surface area contributed by atoms with E-state index >= 15 is 0 Å². The van der Waals surface area contributed by atoms with Gasteiger partial charge in [0.2, 0.25) is 0 Å². The van der Waals surface area contributed by atoms with Crippen molar-refractivity contribution in [2.45, 2.75) is 38.6 Å². The van der Waals surface area contributed by atoms with Crippen LogP contribution in [0.1, 0.15) is 32.3 Å². The SMILES string of the molecule is CC[C@@](C)(/N=[P+](\[O-])Oc1cccc(Cl)c1CCC(=O)OC)C(=O)O. The van der Waals surface area contributed by atoms with Crippen molar-refractivity contribution in [2.75, 3.05) is 7.11 Å². The molecule has 1 N–H and O–H groups in total. The minimum absolute atomic E-state index is 0.0757. The second-order valence-corrected chi connectivity index (χ2v) is 6.42. The molecule has 132 valence electrons. The number of aliphatic carboxylic acids is 1. The molecule has 0 aliphatic heterocycles. The number of benzene rings is 1. The van der Waals surface area contributed by atoms with Gasteiger partial charge in [0.1, 0.15) is 0 Å². The van der Waals surface area contributed by atoms with Gasteiger partial charge in [-0.05, 0) is 31.9 Å². The average molecular weight is 376 g/mol. The van der Waals surface area contributed by atoms with Gasteiger partial charge in [0.05, 0.1) is 7.11 Å². The van der Waals surface area contributed by atoms with E-state index in [0.29, 0.717) is 10.6 Å². The van der Waals surface area contributed by atoms with E-state index in [1.54, 1.807) is 19.1 Å². The van der Waals surface area contributed by atoms with Crippen molar-refractivity contribution in [1.29, 1.82) is 0 Å². The molecule has 2 atom stereocenters. The number of rotatable bonds is 8. The Balaban J connectivity index is 3.04. The van der Waals surface area contributed by atoms with Crippen LogP contribution in [0.25, 0.3) is 0 Å². The highest BCUT2D eigenvalue weighted by atomic mass is 35.5. The minimum atomic E-state index is -2.62. The molecule has 0 aliphatic carbocycles. The van der Waals surface area contributed by atoms with E-state index in [0.717, 1.165) is 0 Å². The first kappa shape index (κ1) is 20.4. The highest BCUT2D eigenvalue weighted by Crippen LogP contribution is 2.34. The summed E-state index contributed by atoms with van der Waals surface area (Å²) in [6.45, 7) is 2.99. The zero-order chi connectivity index (χ0) is 18.3. The highest BCUT2D eigenvalue weighted by Gasteiger charge is 2.35. The van der Waals surface area contributed by atoms with Crippen LogP contribution in [0, 0.1) is 0 Å². The first-order chi connectivity index (χ1) is 11.2. The Morgan fingerprint density at radius 1 is 1.46 bits per heavy atom. The molecule has 0 aromatic heterocycles. The summed E-state index contributed by atoms with van der Waals surface area (Å²) in [6.07, 6.45) is 0.471. The predicted octanol–water partition coefficient (Wildman–Crippen LogP) is 2.93. The summed E-state index contributed by atoms with van der Waals surface area (Å²) in [5.41, 5.74) is -1.02. The van der Waals surface area contributed by atoms with Crippen molar-refractivity contribution in [3.8, 4) is 5.75 Å². The van der Waals surface area contributed by atoms with Crippen molar-refractivity contribution in [3.63, 3.8) is 0 Å². The molecule has 1 unspecified atom stereocenters. The Hall–Kier alpha value is -1.69. The molecule has 0 saturated carbocycles. The first-order valence-electron chi connectivity index (χ1n) is 7.19. The number of carboxylic acids is 1. The van der Waals surface area contributed by atoms with Gasteiger partial charge in [-0.1, -0.05) is 29.3 Å². The summed E-state index contributed by atoms with van der Waals surface area (Å²) < 4.78 is 13.6. The van der Waals surface area contributed by atoms with E-state index in [2.05, 4.69) is 9.48 Å². The van der Waals surface area contributed by atoms with Gasteiger partial charge in [0, 0.05) is 17.0 Å². The lowest BCUT2D eigenvalue weighted by Crippen LogP contribution is -2.32. The van der Waals surface area contributed by atoms with Crippen molar-refractivity contribution in [2.24, 2.45) is 4.74 Å². The summed E-state index contributed by atoms with van der Waals surface area (Å²) in [4.78, 5) is 34.6. The van der Waals surface area contributed by atoms with E-state index in [4.69, 9.17) is 21.2 Å². The second-order valence-electron chi connectivity index (χ2n) is 5.15. The maximum Gasteiger partial charge on any atom is 0.395 e. The maximum atomic E-state index is 12.1. The summed E-state index contributed by atoms with van der Waals surface area (Å²) in [7, 11) is -1.34. The van der Waals surface area contributed by atoms with Crippen LogP contribution in [-0.2, 0) is 20.7 Å². The molecule has 1 rings (SSSR count). The Morgan fingerprint density at radius 3 is 2.67 bits per heavy atom. The Morgan fingerprint density at radius 2 is 2.12 bits per heavy atom. The molecule has 0 bridgehead atoms. The predicted molar refractivity (Wildman–Crippen MR) is 88.1 cm³/mol. The first-order valence-corrected chi connectivity index (χ1v) is 8.70. The van der Waals surface area contributed by atoms with Gasteiger partial charge in [-0.15, -0.1) is 0 Å². The number of ether oxygens (including phenoxy) is 1. The van der Waals surface area contributed by atoms with E-state index in [9.17, 15) is 14.5 Å². The lowest BCUT2D eigenvalue weighted by atomic mass is 10.0. The molecule has 0 radical (unpaired) electrons. The quantitative estimate of drug-likeness (QED) is 0.552. The van der Waals surface area contributed by atoms with Gasteiger partial charge in [0.25, 0.3) is 0 Å². The zero-order valence-electron chi connectivity index (χ0n) is 13.6. The molecule has 0 aliphatic rings. The third kappa shape index (κ3) is 5.44. The molecule has 9 heteroatoms. The molecule has 0 heterocycles. The van der Waals surface area contributed by atoms with Crippen LogP contribution in [-0.4, -0.2) is 29.7 Å². The molecule has 1 aromatic rings. The maximum absolute atomic E-state index is 12.1. The van der Waals surface area contributed by atoms with E-state index in [-0.39, 0.29) is 25.0 Å². The number of carbonyl (C=O) groups is 2. The molecule has 7 nitrogen and oxygen atoms in total. The standard InChI is InChI=1S/C15H19ClNO6P/c1-4-15(2,14(19)20)17-24(21)23-12-7-5-6-11(16)10(12)8-9-13(18)22-3/h5-7H,4,8-9H2,1-3H3,(H,19,20)/t15-/m1/s1. The number of halogens is 1. The molecule has 24 heavy (non-hydrogen) atoms. The normalized spacial score (nSPS) is 14.0. The molecule has 0 spiro atoms. The Bertz CT molecular complexity index is 651. The van der Waals surface area contributed by atoms with Gasteiger partial charge in [-0.3, -0.25) is 9.32 Å². The van der Waals surface area contributed by atoms with Crippen molar-refractivity contribution >= 4 is 31.7 Å². The van der Waals surface area contributed by atoms with Crippen molar-refractivity contribution in [3.05, 3.63) is 28.8 Å². The van der Waals surface area contributed by atoms with Crippen LogP contribution < -0.4 is 9.42 Å². The summed E-state index contributed by atoms with van der Waals surface area (Å²) in [6, 6.07) is 4.74. The van der Waals surface area contributed by atoms with Crippen LogP contribution in [0.3, 0.4) is 0 Å². The average Bonchev–Trinajstić information content (AvgIpc) is 2.53. The van der Waals surface area contributed by atoms with Gasteiger partial charge in [-0.2, -0.15) is 0 Å². The summed E-state index contributed by atoms with van der Waals surface area (Å²) >= 11 is 6.10. The van der Waals surface area contributed by atoms with Crippen LogP contribution in [0.15, 0.2) is 22.9 Å². The van der Waals surface area contributed by atoms with Crippen LogP contribution in [0.4, 0.5) is 0 Å². The summed E-state index contributed by atoms with van der Waals surface area (Å²) in [5, 5.41) is 9.51. The zero-order valence-corrected chi connectivity index (χ0v) is 15.3. The monoisotopic (exact) mass is 375 g/mol. The second kappa shape index (κ2) is 8.97. The molecule has 0 saturated heterocycles. The van der Waals surface area contributed by atoms with Gasteiger partial charge in [-0.25, -0.2) is 4.79 Å². The molecular formula is C15H19ClNO6P. The molecule has 1 aromatic carbocycles. The number of nitrogens with zero attached hydrogens (tertiary/aromatic N) is 1. The van der Waals surface area contributed by atoms with Crippen LogP contribution in [0.2, 0.25) is 5.02 Å². The lowest BCUT2D eigenvalue weighted by molar-refractivity contribution is -0.170. The van der Waals surface area contributed by atoms with Gasteiger partial charge >= 0.3 is 20.1 Å². The van der Waals surface area contributed by atoms with Gasteiger partial charge < -0.3 is 14.7 Å². The van der Waals surface area contributed by atoms with Crippen LogP contribution >= 0.6 is 19.8 Å². The Labute approximate surface area is 146 Å². The van der Waals surface area contributed by atoms with Crippen molar-refractivity contribution < 1.29 is 28.8 Å². The minimum Gasteiger partial charge on any atom is -0.575 e. The molecular weight excluding hydrogens is 357 g/mol. The van der Waals surface area contributed by atoms with E-state index in [1.807, 2.05) is 0 Å². The number of hydrogen-bond acceptors (Lipinski definition) is 6. The van der Waals surface area contributed by atoms with Crippen LogP contribution in [0.5, 0.6) is 5.75 Å². The highest BCUT2D eigenvalue weighted by molar-refractivity contribution is 7.34. The molecule has 0 fully saturated rings. The number of carboxylic acid groups (broad SMARTS) is 1. The Kier molecular flexibility index (Phi) is 7.60. The largest absolute Gasteiger partial charge is 0.575 e. The summed E-state index contributed by atoms with van der Waals surface area (Å²) in [5.74, 6) is -1.41. The van der Waals surface area contributed by atoms with Crippen molar-refractivity contribution in [1.82, 2.24) is 0 Å². The number of methoxy groups -OCH3 is 1. The van der Waals surface area contributed by atoms with E-state index < -0.39 is 25.6 Å². The fourth-order valence-corrected chi connectivity index (χ4v) is 2.97. The number of carbonyl (C=O) groups excluding carboxylic acids is 1. The molecule has 0 amide bonds. The van der Waals surface area contributed by atoms with E-state index in [1.165, 1.54) is 20.1 Å². The number of esters is 1. The van der Waals surface area contributed by atoms with Gasteiger partial charge in [0.15, 0.2) is 11.3 Å². The topological polar surface area (TPSA) is 108 Å². The third-order valence-corrected chi connectivity index (χ3v) is 4.82. The fraction of sp³-hybridized carbons (Fsp3) is 0.467. The fourth-order valence-electron chi connectivity index (χ4n) is 1.75. The smallest absolute Gasteiger partial charge is 0.395 e. The third-order valence-electron chi connectivity index (χ3n) is 3.51. The number of hydrogen-bond donors (Lipinski definition) is 1. The lowest BCUT2D eigenvalue weighted by Gasteiger charge is -2.14.